The highest BCUT2D eigenvalue weighted by Crippen LogP contribution is 2.38. The first kappa shape index (κ1) is 13.0. The number of hydrogen-bond donors (Lipinski definition) is 1. The highest BCUT2D eigenvalue weighted by atomic mass is 16.3. The molecule has 0 aromatic carbocycles. The molecule has 0 spiro atoms. The third-order valence-electron chi connectivity index (χ3n) is 3.81. The Morgan fingerprint density at radius 3 is 2.07 bits per heavy atom. The summed E-state index contributed by atoms with van der Waals surface area (Å²) in [5.41, 5.74) is 0.455. The summed E-state index contributed by atoms with van der Waals surface area (Å²) >= 11 is 0. The Morgan fingerprint density at radius 2 is 1.67 bits per heavy atom. The molecule has 1 aliphatic rings. The minimum Gasteiger partial charge on any atom is -0.393 e. The lowest BCUT2D eigenvalue weighted by Gasteiger charge is -2.35. The van der Waals surface area contributed by atoms with E-state index in [4.69, 9.17) is 0 Å². The molecule has 1 fully saturated rings. The molecule has 0 heterocycles. The molecular formula is C14H28O. The quantitative estimate of drug-likeness (QED) is 0.749. The van der Waals surface area contributed by atoms with Gasteiger partial charge in [0, 0.05) is 0 Å². The summed E-state index contributed by atoms with van der Waals surface area (Å²) < 4.78 is 0. The van der Waals surface area contributed by atoms with Gasteiger partial charge in [0.05, 0.1) is 6.10 Å². The van der Waals surface area contributed by atoms with E-state index in [0.29, 0.717) is 5.41 Å². The average molecular weight is 212 g/mol. The van der Waals surface area contributed by atoms with Crippen molar-refractivity contribution in [1.29, 1.82) is 0 Å². The molecule has 1 saturated carbocycles. The van der Waals surface area contributed by atoms with Crippen LogP contribution in [0, 0.1) is 17.3 Å². The first-order valence-corrected chi connectivity index (χ1v) is 6.60. The maximum absolute atomic E-state index is 9.51. The molecule has 0 amide bonds. The molecule has 0 aromatic heterocycles. The van der Waals surface area contributed by atoms with Crippen LogP contribution in [0.5, 0.6) is 0 Å². The van der Waals surface area contributed by atoms with Crippen molar-refractivity contribution >= 4 is 0 Å². The normalized spacial score (nSPS) is 30.2. The van der Waals surface area contributed by atoms with E-state index in [1.165, 1.54) is 25.7 Å². The van der Waals surface area contributed by atoms with Crippen LogP contribution in [0.15, 0.2) is 0 Å². The zero-order chi connectivity index (χ0) is 11.5. The van der Waals surface area contributed by atoms with Crippen LogP contribution in [0.2, 0.25) is 0 Å². The van der Waals surface area contributed by atoms with Gasteiger partial charge in [-0.1, -0.05) is 34.1 Å². The maximum atomic E-state index is 9.51. The van der Waals surface area contributed by atoms with Crippen molar-refractivity contribution in [2.24, 2.45) is 17.3 Å². The van der Waals surface area contributed by atoms with E-state index in [9.17, 15) is 5.11 Å². The second-order valence-electron chi connectivity index (χ2n) is 6.50. The monoisotopic (exact) mass is 212 g/mol. The molecule has 0 radical (unpaired) electrons. The van der Waals surface area contributed by atoms with Gasteiger partial charge in [0.1, 0.15) is 0 Å². The number of hydrogen-bond acceptors (Lipinski definition) is 1. The maximum Gasteiger partial charge on any atom is 0.0540 e. The minimum atomic E-state index is -0.00612. The molecule has 1 nitrogen and oxygen atoms in total. The van der Waals surface area contributed by atoms with Crippen LogP contribution in [-0.4, -0.2) is 11.2 Å². The highest BCUT2D eigenvalue weighted by Gasteiger charge is 2.28. The Balaban J connectivity index is 2.44. The van der Waals surface area contributed by atoms with Crippen molar-refractivity contribution in [2.75, 3.05) is 0 Å². The third kappa shape index (κ3) is 4.55. The zero-order valence-electron chi connectivity index (χ0n) is 10.9. The van der Waals surface area contributed by atoms with Crippen LogP contribution in [-0.2, 0) is 0 Å². The fourth-order valence-corrected chi connectivity index (χ4v) is 3.00. The van der Waals surface area contributed by atoms with Gasteiger partial charge in [-0.2, -0.15) is 0 Å². The topological polar surface area (TPSA) is 20.2 Å². The minimum absolute atomic E-state index is 0.00612. The Kier molecular flexibility index (Phi) is 4.64. The lowest BCUT2D eigenvalue weighted by Crippen LogP contribution is -2.26. The second kappa shape index (κ2) is 5.34. The summed E-state index contributed by atoms with van der Waals surface area (Å²) in [5, 5.41) is 9.51. The number of aliphatic hydroxyl groups is 1. The molecule has 1 rings (SSSR count). The molecule has 1 heteroatoms. The molecule has 1 unspecified atom stereocenters. The lowest BCUT2D eigenvalue weighted by atomic mass is 9.72. The fraction of sp³-hybridized carbons (Fsp3) is 1.00. The van der Waals surface area contributed by atoms with E-state index in [-0.39, 0.29) is 6.10 Å². The molecule has 1 aliphatic carbocycles. The summed E-state index contributed by atoms with van der Waals surface area (Å²) in [6.45, 7) is 9.34. The van der Waals surface area contributed by atoms with Gasteiger partial charge < -0.3 is 5.11 Å². The molecule has 0 bridgehead atoms. The Bertz CT molecular complexity index is 172. The predicted molar refractivity (Wildman–Crippen MR) is 65.8 cm³/mol. The van der Waals surface area contributed by atoms with E-state index in [2.05, 4.69) is 27.7 Å². The lowest BCUT2D eigenvalue weighted by molar-refractivity contribution is 0.0796. The average Bonchev–Trinajstić information content (AvgIpc) is 2.14. The van der Waals surface area contributed by atoms with Crippen molar-refractivity contribution in [3.63, 3.8) is 0 Å². The molecular weight excluding hydrogens is 184 g/mol. The van der Waals surface area contributed by atoms with Crippen molar-refractivity contribution in [3.05, 3.63) is 0 Å². The van der Waals surface area contributed by atoms with Crippen molar-refractivity contribution in [1.82, 2.24) is 0 Å². The predicted octanol–water partition coefficient (Wildman–Crippen LogP) is 4.00. The summed E-state index contributed by atoms with van der Waals surface area (Å²) in [4.78, 5) is 0. The van der Waals surface area contributed by atoms with Gasteiger partial charge in [0.15, 0.2) is 0 Å². The van der Waals surface area contributed by atoms with E-state index < -0.39 is 0 Å². The Hall–Kier alpha value is -0.0400. The Morgan fingerprint density at radius 1 is 1.13 bits per heavy atom. The molecule has 15 heavy (non-hydrogen) atoms. The zero-order valence-corrected chi connectivity index (χ0v) is 10.9. The molecule has 0 aliphatic heterocycles. The van der Waals surface area contributed by atoms with Crippen LogP contribution < -0.4 is 0 Å². The van der Waals surface area contributed by atoms with Crippen LogP contribution in [0.3, 0.4) is 0 Å². The van der Waals surface area contributed by atoms with Gasteiger partial charge in [-0.05, 0) is 49.4 Å². The molecule has 1 atom stereocenters. The summed E-state index contributed by atoms with van der Waals surface area (Å²) in [7, 11) is 0. The van der Waals surface area contributed by atoms with Gasteiger partial charge in [-0.15, -0.1) is 0 Å². The van der Waals surface area contributed by atoms with Crippen molar-refractivity contribution in [3.8, 4) is 0 Å². The van der Waals surface area contributed by atoms with Crippen LogP contribution in [0.4, 0.5) is 0 Å². The highest BCUT2D eigenvalue weighted by molar-refractivity contribution is 4.79. The van der Waals surface area contributed by atoms with E-state index >= 15 is 0 Å². The number of rotatable bonds is 3. The van der Waals surface area contributed by atoms with Crippen molar-refractivity contribution in [2.45, 2.75) is 72.3 Å². The van der Waals surface area contributed by atoms with Crippen LogP contribution in [0.25, 0.3) is 0 Å². The van der Waals surface area contributed by atoms with Crippen LogP contribution in [0.1, 0.15) is 66.2 Å². The third-order valence-corrected chi connectivity index (χ3v) is 3.81. The van der Waals surface area contributed by atoms with Gasteiger partial charge in [-0.3, -0.25) is 0 Å². The summed E-state index contributed by atoms with van der Waals surface area (Å²) in [6, 6.07) is 0. The van der Waals surface area contributed by atoms with Gasteiger partial charge in [-0.25, -0.2) is 0 Å². The smallest absolute Gasteiger partial charge is 0.0540 e. The summed E-state index contributed by atoms with van der Waals surface area (Å²) in [5.74, 6) is 1.75. The van der Waals surface area contributed by atoms with E-state index in [1.54, 1.807) is 0 Å². The van der Waals surface area contributed by atoms with Crippen molar-refractivity contribution < 1.29 is 5.11 Å². The molecule has 90 valence electrons. The molecule has 0 saturated heterocycles. The SMILES string of the molecule is CCC(CC(C)(C)C)C1CCC(O)CC1. The Labute approximate surface area is 95.3 Å². The number of aliphatic hydroxyl groups excluding tert-OH is 1. The van der Waals surface area contributed by atoms with Gasteiger partial charge in [0.25, 0.3) is 0 Å². The molecule has 1 N–H and O–H groups in total. The fourth-order valence-electron chi connectivity index (χ4n) is 3.00. The first-order chi connectivity index (χ1) is 6.92. The molecule has 0 aromatic rings. The van der Waals surface area contributed by atoms with E-state index in [1.807, 2.05) is 0 Å². The van der Waals surface area contributed by atoms with Gasteiger partial charge in [0.2, 0.25) is 0 Å². The standard InChI is InChI=1S/C14H28O/c1-5-11(10-14(2,3)4)12-6-8-13(15)9-7-12/h11-13,15H,5-10H2,1-4H3. The second-order valence-corrected chi connectivity index (χ2v) is 6.50. The van der Waals surface area contributed by atoms with Gasteiger partial charge >= 0.3 is 0 Å². The van der Waals surface area contributed by atoms with Crippen LogP contribution >= 0.6 is 0 Å². The van der Waals surface area contributed by atoms with E-state index in [0.717, 1.165) is 24.7 Å². The first-order valence-electron chi connectivity index (χ1n) is 6.60. The summed E-state index contributed by atoms with van der Waals surface area (Å²) in [6.07, 6.45) is 7.19. The largest absolute Gasteiger partial charge is 0.393 e.